The molecule has 2 fully saturated rings. The lowest BCUT2D eigenvalue weighted by Gasteiger charge is -2.38. The van der Waals surface area contributed by atoms with Gasteiger partial charge in [-0.1, -0.05) is 58.3 Å². The van der Waals surface area contributed by atoms with Gasteiger partial charge in [-0.2, -0.15) is 0 Å². The molecule has 0 bridgehead atoms. The van der Waals surface area contributed by atoms with E-state index >= 15 is 0 Å². The number of hydrogen-bond donors (Lipinski definition) is 0. The molecule has 2 unspecified atom stereocenters. The van der Waals surface area contributed by atoms with Crippen LogP contribution >= 0.6 is 0 Å². The van der Waals surface area contributed by atoms with Gasteiger partial charge in [0.25, 0.3) is 0 Å². The molecule has 0 heterocycles. The van der Waals surface area contributed by atoms with Gasteiger partial charge in [-0.15, -0.1) is 0 Å². The highest BCUT2D eigenvalue weighted by Gasteiger charge is 2.41. The summed E-state index contributed by atoms with van der Waals surface area (Å²) in [5, 5.41) is 0. The van der Waals surface area contributed by atoms with Crippen molar-refractivity contribution in [3.05, 3.63) is 0 Å². The van der Waals surface area contributed by atoms with E-state index in [4.69, 9.17) is 0 Å². The van der Waals surface area contributed by atoms with Crippen LogP contribution in [0.5, 0.6) is 0 Å². The van der Waals surface area contributed by atoms with Gasteiger partial charge in [-0.05, 0) is 43.4 Å². The molecule has 0 spiro atoms. The molecule has 0 saturated heterocycles. The fourth-order valence-electron chi connectivity index (χ4n) is 4.53. The van der Waals surface area contributed by atoms with E-state index < -0.39 is 18.5 Å². The molecule has 0 amide bonds. The Balaban J connectivity index is 1.64. The molecule has 0 aromatic carbocycles. The van der Waals surface area contributed by atoms with E-state index in [1.54, 1.807) is 0 Å². The topological polar surface area (TPSA) is 0 Å². The van der Waals surface area contributed by atoms with Crippen LogP contribution in [0.15, 0.2) is 0 Å². The molecular formula is C19H33F3. The van der Waals surface area contributed by atoms with E-state index in [-0.39, 0.29) is 18.8 Å². The lowest BCUT2D eigenvalue weighted by Crippen LogP contribution is -2.40. The summed E-state index contributed by atoms with van der Waals surface area (Å²) in [5.74, 6) is 1.32. The SMILES string of the molecule is CCCCCCCC1CCC(C2CC(F)C(F)C(F)C2)CC1. The van der Waals surface area contributed by atoms with E-state index in [1.807, 2.05) is 0 Å². The van der Waals surface area contributed by atoms with Gasteiger partial charge >= 0.3 is 0 Å². The van der Waals surface area contributed by atoms with Crippen LogP contribution in [-0.4, -0.2) is 18.5 Å². The number of halogens is 3. The Morgan fingerprint density at radius 3 is 1.91 bits per heavy atom. The molecule has 0 nitrogen and oxygen atoms in total. The third-order valence-corrected chi connectivity index (χ3v) is 6.02. The molecule has 2 rings (SSSR count). The average Bonchev–Trinajstić information content (AvgIpc) is 2.52. The van der Waals surface area contributed by atoms with Crippen LogP contribution in [0.25, 0.3) is 0 Å². The molecule has 2 aliphatic carbocycles. The Hall–Kier alpha value is -0.210. The van der Waals surface area contributed by atoms with Crippen molar-refractivity contribution in [3.8, 4) is 0 Å². The minimum absolute atomic E-state index is 0.0718. The van der Waals surface area contributed by atoms with Gasteiger partial charge in [-0.3, -0.25) is 0 Å². The molecule has 0 N–H and O–H groups in total. The summed E-state index contributed by atoms with van der Waals surface area (Å²) in [6, 6.07) is 0. The highest BCUT2D eigenvalue weighted by atomic mass is 19.2. The van der Waals surface area contributed by atoms with Crippen molar-refractivity contribution < 1.29 is 13.2 Å². The minimum Gasteiger partial charge on any atom is -0.244 e. The van der Waals surface area contributed by atoms with Gasteiger partial charge in [-0.25, -0.2) is 13.2 Å². The lowest BCUT2D eigenvalue weighted by molar-refractivity contribution is -0.00467. The average molecular weight is 318 g/mol. The zero-order valence-corrected chi connectivity index (χ0v) is 14.1. The summed E-state index contributed by atoms with van der Waals surface area (Å²) in [5.41, 5.74) is 0. The number of unbranched alkanes of at least 4 members (excludes halogenated alkanes) is 4. The fraction of sp³-hybridized carbons (Fsp3) is 1.00. The molecule has 2 atom stereocenters. The van der Waals surface area contributed by atoms with Crippen LogP contribution in [0.2, 0.25) is 0 Å². The van der Waals surface area contributed by atoms with Crippen molar-refractivity contribution in [2.75, 3.05) is 0 Å². The first-order chi connectivity index (χ1) is 10.6. The lowest BCUT2D eigenvalue weighted by atomic mass is 9.69. The molecule has 22 heavy (non-hydrogen) atoms. The largest absolute Gasteiger partial charge is 0.244 e. The van der Waals surface area contributed by atoms with Crippen molar-refractivity contribution in [3.63, 3.8) is 0 Å². The third-order valence-electron chi connectivity index (χ3n) is 6.02. The van der Waals surface area contributed by atoms with Crippen molar-refractivity contribution in [2.45, 2.75) is 102 Å². The maximum Gasteiger partial charge on any atom is 0.162 e. The van der Waals surface area contributed by atoms with Crippen molar-refractivity contribution in [1.82, 2.24) is 0 Å². The molecule has 2 saturated carbocycles. The monoisotopic (exact) mass is 318 g/mol. The third kappa shape index (κ3) is 5.16. The van der Waals surface area contributed by atoms with Crippen LogP contribution in [-0.2, 0) is 0 Å². The predicted molar refractivity (Wildman–Crippen MR) is 86.2 cm³/mol. The summed E-state index contributed by atoms with van der Waals surface area (Å²) >= 11 is 0. The maximum absolute atomic E-state index is 13.6. The molecule has 0 aromatic rings. The number of rotatable bonds is 7. The Bertz CT molecular complexity index is 287. The van der Waals surface area contributed by atoms with Crippen LogP contribution in [0.3, 0.4) is 0 Å². The zero-order chi connectivity index (χ0) is 15.9. The smallest absolute Gasteiger partial charge is 0.162 e. The van der Waals surface area contributed by atoms with Gasteiger partial charge in [0, 0.05) is 0 Å². The molecule has 0 aromatic heterocycles. The normalized spacial score (nSPS) is 39.8. The predicted octanol–water partition coefficient (Wildman–Crippen LogP) is 6.58. The number of hydrogen-bond acceptors (Lipinski definition) is 0. The van der Waals surface area contributed by atoms with E-state index in [0.29, 0.717) is 5.92 Å². The maximum atomic E-state index is 13.6. The quantitative estimate of drug-likeness (QED) is 0.465. The second-order valence-corrected chi connectivity index (χ2v) is 7.69. The van der Waals surface area contributed by atoms with Gasteiger partial charge in [0.05, 0.1) is 0 Å². The van der Waals surface area contributed by atoms with Crippen LogP contribution in [0, 0.1) is 17.8 Å². The Morgan fingerprint density at radius 1 is 0.727 bits per heavy atom. The highest BCUT2D eigenvalue weighted by molar-refractivity contribution is 4.90. The van der Waals surface area contributed by atoms with E-state index in [2.05, 4.69) is 6.92 Å². The van der Waals surface area contributed by atoms with Crippen LogP contribution in [0.1, 0.15) is 84.0 Å². The van der Waals surface area contributed by atoms with Gasteiger partial charge in [0.15, 0.2) is 6.17 Å². The summed E-state index contributed by atoms with van der Waals surface area (Å²) in [6.45, 7) is 2.24. The molecular weight excluding hydrogens is 285 g/mol. The molecule has 130 valence electrons. The first kappa shape index (κ1) is 18.1. The number of alkyl halides is 3. The first-order valence-electron chi connectivity index (χ1n) is 9.54. The van der Waals surface area contributed by atoms with Gasteiger partial charge < -0.3 is 0 Å². The first-order valence-corrected chi connectivity index (χ1v) is 9.54. The Labute approximate surface area is 134 Å². The van der Waals surface area contributed by atoms with Crippen molar-refractivity contribution in [1.29, 1.82) is 0 Å². The molecule has 3 heteroatoms. The summed E-state index contributed by atoms with van der Waals surface area (Å²) in [4.78, 5) is 0. The van der Waals surface area contributed by atoms with Crippen molar-refractivity contribution in [2.24, 2.45) is 17.8 Å². The Kier molecular flexibility index (Phi) is 7.56. The van der Waals surface area contributed by atoms with E-state index in [9.17, 15) is 13.2 Å². The summed E-state index contributed by atoms with van der Waals surface area (Å²) < 4.78 is 40.4. The van der Waals surface area contributed by atoms with E-state index in [0.717, 1.165) is 18.8 Å². The summed E-state index contributed by atoms with van der Waals surface area (Å²) in [7, 11) is 0. The fourth-order valence-corrected chi connectivity index (χ4v) is 4.53. The van der Waals surface area contributed by atoms with Gasteiger partial charge in [0.2, 0.25) is 0 Å². The zero-order valence-electron chi connectivity index (χ0n) is 14.1. The van der Waals surface area contributed by atoms with Crippen molar-refractivity contribution >= 4 is 0 Å². The second kappa shape index (κ2) is 9.17. The second-order valence-electron chi connectivity index (χ2n) is 7.69. The molecule has 0 radical (unpaired) electrons. The van der Waals surface area contributed by atoms with Crippen LogP contribution in [0.4, 0.5) is 13.2 Å². The van der Waals surface area contributed by atoms with E-state index in [1.165, 1.54) is 51.4 Å². The highest BCUT2D eigenvalue weighted by Crippen LogP contribution is 2.43. The molecule has 0 aliphatic heterocycles. The van der Waals surface area contributed by atoms with Crippen LogP contribution < -0.4 is 0 Å². The summed E-state index contributed by atoms with van der Waals surface area (Å²) in [6.07, 6.45) is 8.07. The standard InChI is InChI=1S/C19H33F3/c1-2-3-4-5-6-7-14-8-10-15(11-9-14)16-12-17(20)19(22)18(21)13-16/h14-19H,2-13H2,1H3. The Morgan fingerprint density at radius 2 is 1.32 bits per heavy atom. The minimum atomic E-state index is -1.88. The van der Waals surface area contributed by atoms with Gasteiger partial charge in [0.1, 0.15) is 12.3 Å². The molecule has 2 aliphatic rings.